The third kappa shape index (κ3) is 2.38. The molecule has 0 aromatic rings. The lowest BCUT2D eigenvalue weighted by Gasteiger charge is -2.28. The van der Waals surface area contributed by atoms with Gasteiger partial charge in [-0.25, -0.2) is 0 Å². The molecule has 3 atom stereocenters. The van der Waals surface area contributed by atoms with Gasteiger partial charge < -0.3 is 9.64 Å². The highest BCUT2D eigenvalue weighted by Gasteiger charge is 2.46. The van der Waals surface area contributed by atoms with Crippen LogP contribution in [-0.4, -0.2) is 41.8 Å². The second-order valence-electron chi connectivity index (χ2n) is 4.73. The van der Waals surface area contributed by atoms with Crippen molar-refractivity contribution < 1.29 is 9.53 Å². The molecule has 4 heteroatoms. The van der Waals surface area contributed by atoms with E-state index in [1.807, 2.05) is 39.5 Å². The third-order valence-corrected chi connectivity index (χ3v) is 3.40. The van der Waals surface area contributed by atoms with Gasteiger partial charge in [0.2, 0.25) is 5.91 Å². The molecule has 1 amide bonds. The third-order valence-electron chi connectivity index (χ3n) is 3.40. The van der Waals surface area contributed by atoms with Gasteiger partial charge in [-0.3, -0.25) is 10.1 Å². The topological polar surface area (TPSA) is 41.6 Å². The molecule has 0 aromatic heterocycles. The lowest BCUT2D eigenvalue weighted by molar-refractivity contribution is -0.135. The van der Waals surface area contributed by atoms with Crippen molar-refractivity contribution in [2.24, 2.45) is 0 Å². The fourth-order valence-electron chi connectivity index (χ4n) is 2.26. The molecule has 1 aliphatic heterocycles. The molecule has 4 nitrogen and oxygen atoms in total. The van der Waals surface area contributed by atoms with Gasteiger partial charge in [-0.05, 0) is 34.1 Å². The van der Waals surface area contributed by atoms with Crippen molar-refractivity contribution in [1.29, 1.82) is 0 Å². The first-order valence-corrected chi connectivity index (χ1v) is 6.14. The lowest BCUT2D eigenvalue weighted by Crippen LogP contribution is -2.45. The molecule has 1 fully saturated rings. The molecule has 0 radical (unpaired) electrons. The number of carbonyl (C=O) groups is 1. The maximum absolute atomic E-state index is 12.3. The molecule has 1 saturated heterocycles. The van der Waals surface area contributed by atoms with E-state index in [0.717, 1.165) is 6.42 Å². The molecular weight excluding hydrogens is 204 g/mol. The smallest absolute Gasteiger partial charge is 0.244 e. The molecule has 1 heterocycles. The van der Waals surface area contributed by atoms with E-state index in [1.165, 1.54) is 0 Å². The van der Waals surface area contributed by atoms with Crippen LogP contribution in [0.4, 0.5) is 0 Å². The predicted molar refractivity (Wildman–Crippen MR) is 64.1 cm³/mol. The molecule has 1 aliphatic rings. The monoisotopic (exact) mass is 228 g/mol. The van der Waals surface area contributed by atoms with E-state index < -0.39 is 5.54 Å². The van der Waals surface area contributed by atoms with Crippen LogP contribution in [0, 0.1) is 0 Å². The van der Waals surface area contributed by atoms with Crippen LogP contribution in [0.5, 0.6) is 0 Å². The molecule has 0 bridgehead atoms. The standard InChI is InChI=1S/C12H24N2O2/c1-6-12(5)11(15)14(10(4)13-12)9(3)8-16-7-2/h9-10,13H,6-8H2,1-5H3. The highest BCUT2D eigenvalue weighted by molar-refractivity contribution is 5.88. The van der Waals surface area contributed by atoms with Crippen LogP contribution in [0.2, 0.25) is 0 Å². The Labute approximate surface area is 98.3 Å². The molecule has 0 aliphatic carbocycles. The minimum absolute atomic E-state index is 0.0907. The van der Waals surface area contributed by atoms with Crippen molar-refractivity contribution >= 4 is 5.91 Å². The summed E-state index contributed by atoms with van der Waals surface area (Å²) in [5.41, 5.74) is -0.403. The summed E-state index contributed by atoms with van der Waals surface area (Å²) in [7, 11) is 0. The van der Waals surface area contributed by atoms with Gasteiger partial charge in [-0.1, -0.05) is 6.92 Å². The van der Waals surface area contributed by atoms with Crippen molar-refractivity contribution in [1.82, 2.24) is 10.2 Å². The van der Waals surface area contributed by atoms with E-state index in [1.54, 1.807) is 0 Å². The second kappa shape index (κ2) is 5.15. The van der Waals surface area contributed by atoms with Crippen molar-refractivity contribution in [3.63, 3.8) is 0 Å². The maximum Gasteiger partial charge on any atom is 0.244 e. The molecule has 0 saturated carbocycles. The first-order valence-electron chi connectivity index (χ1n) is 6.14. The largest absolute Gasteiger partial charge is 0.380 e. The molecule has 3 unspecified atom stereocenters. The van der Waals surface area contributed by atoms with Crippen molar-refractivity contribution in [3.8, 4) is 0 Å². The Morgan fingerprint density at radius 2 is 2.19 bits per heavy atom. The Bertz CT molecular complexity index is 257. The first kappa shape index (κ1) is 13.5. The van der Waals surface area contributed by atoms with E-state index in [4.69, 9.17) is 4.74 Å². The number of nitrogens with one attached hydrogen (secondary N) is 1. The molecule has 1 rings (SSSR count). The van der Waals surface area contributed by atoms with E-state index in [0.29, 0.717) is 13.2 Å². The van der Waals surface area contributed by atoms with Crippen LogP contribution in [-0.2, 0) is 9.53 Å². The van der Waals surface area contributed by atoms with Gasteiger partial charge in [0.15, 0.2) is 0 Å². The number of rotatable bonds is 5. The van der Waals surface area contributed by atoms with Gasteiger partial charge in [0.1, 0.15) is 0 Å². The summed E-state index contributed by atoms with van der Waals surface area (Å²) in [5, 5.41) is 3.36. The van der Waals surface area contributed by atoms with Crippen LogP contribution in [0.15, 0.2) is 0 Å². The van der Waals surface area contributed by atoms with E-state index in [9.17, 15) is 4.79 Å². The zero-order valence-electron chi connectivity index (χ0n) is 11.0. The quantitative estimate of drug-likeness (QED) is 0.772. The maximum atomic E-state index is 12.3. The van der Waals surface area contributed by atoms with Crippen LogP contribution in [0.25, 0.3) is 0 Å². The summed E-state index contributed by atoms with van der Waals surface area (Å²) >= 11 is 0. The van der Waals surface area contributed by atoms with E-state index >= 15 is 0 Å². The minimum atomic E-state index is -0.403. The fourth-order valence-corrected chi connectivity index (χ4v) is 2.26. The highest BCUT2D eigenvalue weighted by atomic mass is 16.5. The lowest BCUT2D eigenvalue weighted by atomic mass is 9.99. The Morgan fingerprint density at radius 3 is 2.62 bits per heavy atom. The van der Waals surface area contributed by atoms with Gasteiger partial charge in [0.05, 0.1) is 24.4 Å². The highest BCUT2D eigenvalue weighted by Crippen LogP contribution is 2.25. The second-order valence-corrected chi connectivity index (χ2v) is 4.73. The Balaban J connectivity index is 2.70. The number of hydrogen-bond donors (Lipinski definition) is 1. The molecule has 0 aromatic carbocycles. The van der Waals surface area contributed by atoms with Gasteiger partial charge in [-0.15, -0.1) is 0 Å². The van der Waals surface area contributed by atoms with Crippen LogP contribution >= 0.6 is 0 Å². The molecular formula is C12H24N2O2. The fraction of sp³-hybridized carbons (Fsp3) is 0.917. The van der Waals surface area contributed by atoms with Crippen molar-refractivity contribution in [2.75, 3.05) is 13.2 Å². The average Bonchev–Trinajstić information content (AvgIpc) is 2.47. The van der Waals surface area contributed by atoms with E-state index in [2.05, 4.69) is 5.32 Å². The summed E-state index contributed by atoms with van der Waals surface area (Å²) in [6.07, 6.45) is 0.904. The average molecular weight is 228 g/mol. The van der Waals surface area contributed by atoms with Gasteiger partial charge in [0, 0.05) is 6.61 Å². The zero-order chi connectivity index (χ0) is 12.3. The molecule has 94 valence electrons. The van der Waals surface area contributed by atoms with Crippen molar-refractivity contribution in [3.05, 3.63) is 0 Å². The van der Waals surface area contributed by atoms with Gasteiger partial charge in [-0.2, -0.15) is 0 Å². The Hall–Kier alpha value is -0.610. The van der Waals surface area contributed by atoms with Gasteiger partial charge >= 0.3 is 0 Å². The number of amides is 1. The van der Waals surface area contributed by atoms with E-state index in [-0.39, 0.29) is 18.1 Å². The number of hydrogen-bond acceptors (Lipinski definition) is 3. The first-order chi connectivity index (χ1) is 7.46. The summed E-state index contributed by atoms with van der Waals surface area (Å²) in [6.45, 7) is 11.3. The molecule has 1 N–H and O–H groups in total. The Kier molecular flexibility index (Phi) is 4.33. The van der Waals surface area contributed by atoms with Crippen LogP contribution in [0.3, 0.4) is 0 Å². The SMILES string of the molecule is CCOCC(C)N1C(=O)C(C)(CC)NC1C. The summed E-state index contributed by atoms with van der Waals surface area (Å²) in [4.78, 5) is 14.2. The molecule has 0 spiro atoms. The van der Waals surface area contributed by atoms with Crippen LogP contribution < -0.4 is 5.32 Å². The number of ether oxygens (including phenoxy) is 1. The zero-order valence-corrected chi connectivity index (χ0v) is 11.0. The minimum Gasteiger partial charge on any atom is -0.380 e. The van der Waals surface area contributed by atoms with Gasteiger partial charge in [0.25, 0.3) is 0 Å². The summed E-state index contributed by atoms with van der Waals surface area (Å²) < 4.78 is 5.38. The van der Waals surface area contributed by atoms with Crippen molar-refractivity contribution in [2.45, 2.75) is 58.8 Å². The summed E-state index contributed by atoms with van der Waals surface area (Å²) in [5.74, 6) is 0.190. The number of nitrogens with zero attached hydrogens (tertiary/aromatic N) is 1. The molecule has 16 heavy (non-hydrogen) atoms. The Morgan fingerprint density at radius 1 is 1.56 bits per heavy atom. The predicted octanol–water partition coefficient (Wildman–Crippen LogP) is 1.36. The normalized spacial score (nSPS) is 32.2. The van der Waals surface area contributed by atoms with Crippen LogP contribution in [0.1, 0.15) is 41.0 Å². The number of carbonyl (C=O) groups excluding carboxylic acids is 1. The summed E-state index contributed by atoms with van der Waals surface area (Å²) in [6, 6.07) is 0.128.